The van der Waals surface area contributed by atoms with Gasteiger partial charge in [-0.05, 0) is 51.7 Å². The number of para-hydroxylation sites is 1. The lowest BCUT2D eigenvalue weighted by Gasteiger charge is -2.20. The lowest BCUT2D eigenvalue weighted by atomic mass is 10.2. The van der Waals surface area contributed by atoms with Crippen molar-refractivity contribution in [1.82, 2.24) is 19.4 Å². The van der Waals surface area contributed by atoms with Crippen molar-refractivity contribution in [2.45, 2.75) is 77.9 Å². The Morgan fingerprint density at radius 2 is 1.72 bits per heavy atom. The molecule has 1 aromatic carbocycles. The number of carbonyl (C=O) groups excluding carboxylic acids is 2. The number of hydrogen-bond donors (Lipinski definition) is 1. The molecule has 0 bridgehead atoms. The van der Waals surface area contributed by atoms with Crippen LogP contribution in [0.25, 0.3) is 10.9 Å². The first-order chi connectivity index (χ1) is 15.5. The maximum absolute atomic E-state index is 13.2. The number of fused-ring (bicyclic) bond motifs is 1. The number of carbonyl (C=O) groups is 2. The van der Waals surface area contributed by atoms with Crippen LogP contribution in [0.3, 0.4) is 0 Å². The zero-order valence-corrected chi connectivity index (χ0v) is 19.1. The molecule has 0 unspecified atom stereocenters. The molecule has 1 N–H and O–H groups in total. The van der Waals surface area contributed by atoms with Crippen LogP contribution in [-0.2, 0) is 22.7 Å². The number of likely N-dealkylation sites (N-methyl/N-ethyl adjacent to an activating group) is 1. The second-order valence-electron chi connectivity index (χ2n) is 8.41. The van der Waals surface area contributed by atoms with Crippen molar-refractivity contribution in [3.8, 4) is 0 Å². The van der Waals surface area contributed by atoms with E-state index in [9.17, 15) is 19.2 Å². The van der Waals surface area contributed by atoms with Crippen LogP contribution < -0.4 is 16.6 Å². The Morgan fingerprint density at radius 1 is 1.03 bits per heavy atom. The number of hydrogen-bond acceptors (Lipinski definition) is 4. The van der Waals surface area contributed by atoms with Crippen LogP contribution >= 0.6 is 0 Å². The summed E-state index contributed by atoms with van der Waals surface area (Å²) in [5.41, 5.74) is -0.368. The van der Waals surface area contributed by atoms with Crippen LogP contribution in [0.4, 0.5) is 0 Å². The largest absolute Gasteiger partial charge is 0.353 e. The van der Waals surface area contributed by atoms with E-state index in [1.807, 2.05) is 13.8 Å². The summed E-state index contributed by atoms with van der Waals surface area (Å²) in [5.74, 6) is -0.124. The molecule has 0 spiro atoms. The molecule has 1 aliphatic rings. The summed E-state index contributed by atoms with van der Waals surface area (Å²) < 4.78 is 2.59. The third-order valence-corrected chi connectivity index (χ3v) is 6.30. The molecule has 1 aliphatic carbocycles. The molecule has 0 aliphatic heterocycles. The van der Waals surface area contributed by atoms with Crippen molar-refractivity contribution in [3.05, 3.63) is 45.1 Å². The van der Waals surface area contributed by atoms with Gasteiger partial charge in [0.2, 0.25) is 11.8 Å². The van der Waals surface area contributed by atoms with Gasteiger partial charge in [-0.15, -0.1) is 0 Å². The van der Waals surface area contributed by atoms with Crippen molar-refractivity contribution >= 4 is 22.7 Å². The zero-order valence-electron chi connectivity index (χ0n) is 19.1. The highest BCUT2D eigenvalue weighted by Crippen LogP contribution is 2.17. The fourth-order valence-electron chi connectivity index (χ4n) is 4.46. The van der Waals surface area contributed by atoms with Gasteiger partial charge < -0.3 is 10.2 Å². The number of amides is 2. The van der Waals surface area contributed by atoms with Gasteiger partial charge in [0.25, 0.3) is 5.56 Å². The molecule has 8 nitrogen and oxygen atoms in total. The number of nitrogens with zero attached hydrogens (tertiary/aromatic N) is 3. The van der Waals surface area contributed by atoms with Gasteiger partial charge in [0.1, 0.15) is 6.54 Å². The van der Waals surface area contributed by atoms with Crippen molar-refractivity contribution in [2.75, 3.05) is 13.1 Å². The van der Waals surface area contributed by atoms with Crippen LogP contribution in [0.15, 0.2) is 33.9 Å². The fourth-order valence-corrected chi connectivity index (χ4v) is 4.46. The van der Waals surface area contributed by atoms with Gasteiger partial charge in [-0.3, -0.25) is 23.5 Å². The molecule has 0 radical (unpaired) electrons. The molecule has 1 aromatic heterocycles. The molecule has 32 heavy (non-hydrogen) atoms. The van der Waals surface area contributed by atoms with Gasteiger partial charge in [-0.1, -0.05) is 25.0 Å². The number of rotatable bonds is 10. The Hall–Kier alpha value is -2.90. The highest BCUT2D eigenvalue weighted by molar-refractivity contribution is 5.81. The molecule has 0 atom stereocenters. The molecule has 2 aromatic rings. The number of aromatic nitrogens is 2. The van der Waals surface area contributed by atoms with Gasteiger partial charge in [-0.25, -0.2) is 4.79 Å². The molecular formula is C24H34N4O4. The molecule has 0 saturated heterocycles. The highest BCUT2D eigenvalue weighted by Gasteiger charge is 2.18. The summed E-state index contributed by atoms with van der Waals surface area (Å²) in [7, 11) is 0. The average molecular weight is 443 g/mol. The second kappa shape index (κ2) is 11.1. The standard InChI is InChI=1S/C24H34N4O4/c1-3-26(4-2)22(30)17-28-20-14-8-7-13-19(20)23(31)27(24(28)32)16-10-9-15-21(29)25-18-11-5-6-12-18/h7-8,13-14,18H,3-6,9-12,15-17H2,1-2H3,(H,25,29). The summed E-state index contributed by atoms with van der Waals surface area (Å²) in [6.07, 6.45) is 5.93. The number of benzene rings is 1. The minimum atomic E-state index is -0.482. The van der Waals surface area contributed by atoms with Crippen LogP contribution in [0, 0.1) is 0 Å². The maximum atomic E-state index is 13.2. The molecule has 1 saturated carbocycles. The van der Waals surface area contributed by atoms with E-state index in [0.717, 1.165) is 12.8 Å². The van der Waals surface area contributed by atoms with Crippen LogP contribution in [0.5, 0.6) is 0 Å². The zero-order chi connectivity index (χ0) is 23.1. The summed E-state index contributed by atoms with van der Waals surface area (Å²) >= 11 is 0. The Bertz CT molecular complexity index is 1060. The summed E-state index contributed by atoms with van der Waals surface area (Å²) in [4.78, 5) is 52.6. The van der Waals surface area contributed by atoms with E-state index < -0.39 is 5.69 Å². The third-order valence-electron chi connectivity index (χ3n) is 6.30. The fraction of sp³-hybridized carbons (Fsp3) is 0.583. The van der Waals surface area contributed by atoms with E-state index in [0.29, 0.717) is 49.3 Å². The van der Waals surface area contributed by atoms with E-state index in [-0.39, 0.29) is 30.5 Å². The summed E-state index contributed by atoms with van der Waals surface area (Å²) in [5, 5.41) is 3.48. The lowest BCUT2D eigenvalue weighted by molar-refractivity contribution is -0.131. The Morgan fingerprint density at radius 3 is 2.41 bits per heavy atom. The molecule has 3 rings (SSSR count). The van der Waals surface area contributed by atoms with Crippen LogP contribution in [0.2, 0.25) is 0 Å². The second-order valence-corrected chi connectivity index (χ2v) is 8.41. The van der Waals surface area contributed by atoms with Crippen molar-refractivity contribution < 1.29 is 9.59 Å². The van der Waals surface area contributed by atoms with Crippen LogP contribution in [-0.4, -0.2) is 45.0 Å². The van der Waals surface area contributed by atoms with Crippen LogP contribution in [0.1, 0.15) is 58.8 Å². The van der Waals surface area contributed by atoms with Gasteiger partial charge in [0, 0.05) is 32.1 Å². The number of unbranched alkanes of at least 4 members (excludes halogenated alkanes) is 1. The van der Waals surface area contributed by atoms with Crippen molar-refractivity contribution in [2.24, 2.45) is 0 Å². The molecular weight excluding hydrogens is 408 g/mol. The van der Waals surface area contributed by atoms with Gasteiger partial charge in [0.15, 0.2) is 0 Å². The number of nitrogens with one attached hydrogen (secondary N) is 1. The molecule has 174 valence electrons. The minimum absolute atomic E-state index is 0.0324. The van der Waals surface area contributed by atoms with E-state index in [2.05, 4.69) is 5.32 Å². The van der Waals surface area contributed by atoms with Crippen molar-refractivity contribution in [1.29, 1.82) is 0 Å². The monoisotopic (exact) mass is 442 g/mol. The smallest absolute Gasteiger partial charge is 0.331 e. The van der Waals surface area contributed by atoms with Gasteiger partial charge >= 0.3 is 5.69 Å². The molecule has 1 fully saturated rings. The Balaban J connectivity index is 1.75. The minimum Gasteiger partial charge on any atom is -0.353 e. The van der Waals surface area contributed by atoms with E-state index >= 15 is 0 Å². The normalized spacial score (nSPS) is 14.1. The van der Waals surface area contributed by atoms with E-state index in [1.54, 1.807) is 29.2 Å². The Kier molecular flexibility index (Phi) is 8.25. The molecule has 1 heterocycles. The SMILES string of the molecule is CCN(CC)C(=O)Cn1c(=O)n(CCCCC(=O)NC2CCCC2)c(=O)c2ccccc21. The first-order valence-electron chi connectivity index (χ1n) is 11.8. The van der Waals surface area contributed by atoms with Gasteiger partial charge in [-0.2, -0.15) is 0 Å². The summed E-state index contributed by atoms with van der Waals surface area (Å²) in [6, 6.07) is 7.18. The van der Waals surface area contributed by atoms with Crippen molar-refractivity contribution in [3.63, 3.8) is 0 Å². The van der Waals surface area contributed by atoms with E-state index in [4.69, 9.17) is 0 Å². The van der Waals surface area contributed by atoms with E-state index in [1.165, 1.54) is 22.0 Å². The van der Waals surface area contributed by atoms with Gasteiger partial charge in [0.05, 0.1) is 10.9 Å². The first kappa shape index (κ1) is 23.8. The molecule has 8 heteroatoms. The quantitative estimate of drug-likeness (QED) is 0.571. The first-order valence-corrected chi connectivity index (χ1v) is 11.8. The predicted octanol–water partition coefficient (Wildman–Crippen LogP) is 2.26. The lowest BCUT2D eigenvalue weighted by Crippen LogP contribution is -2.43. The maximum Gasteiger partial charge on any atom is 0.331 e. The third kappa shape index (κ3) is 5.47. The summed E-state index contributed by atoms with van der Waals surface area (Å²) in [6.45, 7) is 5.02. The predicted molar refractivity (Wildman–Crippen MR) is 125 cm³/mol. The topological polar surface area (TPSA) is 93.4 Å². The Labute approximate surface area is 188 Å². The highest BCUT2D eigenvalue weighted by atomic mass is 16.2. The molecule has 2 amide bonds. The average Bonchev–Trinajstić information content (AvgIpc) is 3.30.